The highest BCUT2D eigenvalue weighted by molar-refractivity contribution is 7.13. The molecule has 6 fully saturated rings. The summed E-state index contributed by atoms with van der Waals surface area (Å²) in [4.78, 5) is 30.9. The molecule has 5 saturated heterocycles. The number of fused-ring (bicyclic) bond motifs is 5. The largest absolute Gasteiger partial charge is 0.370 e. The van der Waals surface area contributed by atoms with Gasteiger partial charge in [0.2, 0.25) is 0 Å². The monoisotopic (exact) mass is 479 g/mol. The van der Waals surface area contributed by atoms with E-state index in [0.29, 0.717) is 35.3 Å². The van der Waals surface area contributed by atoms with Crippen LogP contribution in [0.1, 0.15) is 42.6 Å². The molecule has 8 rings (SSSR count). The first-order valence-corrected chi connectivity index (χ1v) is 13.9. The summed E-state index contributed by atoms with van der Waals surface area (Å²) in [5, 5.41) is 7.91. The summed E-state index contributed by atoms with van der Waals surface area (Å²) < 4.78 is 5.63. The van der Waals surface area contributed by atoms with Crippen molar-refractivity contribution in [1.82, 2.24) is 19.9 Å². The second-order valence-electron chi connectivity index (χ2n) is 11.1. The number of carbonyl (C=O) groups excluding carboxylic acids is 2. The van der Waals surface area contributed by atoms with Crippen LogP contribution in [0.2, 0.25) is 0 Å². The van der Waals surface area contributed by atoms with Gasteiger partial charge in [-0.25, -0.2) is 0 Å². The first kappa shape index (κ1) is 21.3. The van der Waals surface area contributed by atoms with Crippen molar-refractivity contribution in [3.8, 4) is 0 Å². The minimum Gasteiger partial charge on any atom is -0.370 e. The molecule has 2 bridgehead atoms. The molecule has 0 radical (unpaired) electrons. The Labute approximate surface area is 204 Å². The molecule has 1 aliphatic carbocycles. The Kier molecular flexibility index (Phi) is 5.18. The van der Waals surface area contributed by atoms with Crippen LogP contribution in [0.15, 0.2) is 18.2 Å². The van der Waals surface area contributed by atoms with Gasteiger partial charge in [0.25, 0.3) is 5.91 Å². The van der Waals surface area contributed by atoms with Gasteiger partial charge in [-0.2, -0.15) is 4.37 Å². The first-order valence-electron chi connectivity index (χ1n) is 13.1. The first-order chi connectivity index (χ1) is 16.6. The lowest BCUT2D eigenvalue weighted by molar-refractivity contribution is -0.126. The van der Waals surface area contributed by atoms with E-state index in [4.69, 9.17) is 0 Å². The van der Waals surface area contributed by atoms with Gasteiger partial charge in [-0.15, -0.1) is 0 Å². The van der Waals surface area contributed by atoms with Gasteiger partial charge in [0.05, 0.1) is 4.70 Å². The molecule has 8 heteroatoms. The van der Waals surface area contributed by atoms with Gasteiger partial charge >= 0.3 is 0 Å². The second kappa shape index (κ2) is 8.28. The van der Waals surface area contributed by atoms with Crippen molar-refractivity contribution in [1.29, 1.82) is 0 Å². The number of nitrogens with one attached hydrogen (secondary N) is 2. The molecule has 4 atom stereocenters. The maximum absolute atomic E-state index is 13.1. The Hall–Kier alpha value is -2.03. The van der Waals surface area contributed by atoms with Crippen molar-refractivity contribution < 1.29 is 9.59 Å². The van der Waals surface area contributed by atoms with Crippen molar-refractivity contribution in [2.45, 2.75) is 44.2 Å². The minimum atomic E-state index is -0.0319. The van der Waals surface area contributed by atoms with E-state index in [-0.39, 0.29) is 17.9 Å². The standard InChI is InChI=1S/C26H33N5O2S/c32-25(16-1-2-16)18-5-8-27-22-14-31(12-20(18)22)17-3-4-19-23(11-17)34-29-24(19)26(33)28-21-13-30-9-6-15(21)7-10-30/h3-4,11,15-16,18,20-22,27H,1-2,5-10,12-14H2,(H,28,33)/t18?,20?,21-,22?/m0/s1. The van der Waals surface area contributed by atoms with Crippen LogP contribution in [-0.4, -0.2) is 72.3 Å². The molecule has 2 aromatic rings. The van der Waals surface area contributed by atoms with Gasteiger partial charge in [-0.1, -0.05) is 0 Å². The average Bonchev–Trinajstić information content (AvgIpc) is 3.48. The van der Waals surface area contributed by atoms with Gasteiger partial charge in [0.1, 0.15) is 11.5 Å². The van der Waals surface area contributed by atoms with Crippen LogP contribution in [0, 0.1) is 23.7 Å². The summed E-state index contributed by atoms with van der Waals surface area (Å²) in [6.07, 6.45) is 5.55. The number of carbonyl (C=O) groups is 2. The number of amides is 1. The molecule has 3 unspecified atom stereocenters. The van der Waals surface area contributed by atoms with Crippen LogP contribution in [0.25, 0.3) is 10.1 Å². The van der Waals surface area contributed by atoms with Crippen LogP contribution < -0.4 is 15.5 Å². The lowest BCUT2D eigenvalue weighted by atomic mass is 9.79. The van der Waals surface area contributed by atoms with E-state index in [2.05, 4.69) is 43.0 Å². The Morgan fingerprint density at radius 3 is 2.68 bits per heavy atom. The number of hydrogen-bond acceptors (Lipinski definition) is 7. The molecule has 6 aliphatic rings. The minimum absolute atomic E-state index is 0.0319. The molecule has 180 valence electrons. The highest BCUT2D eigenvalue weighted by Gasteiger charge is 2.46. The number of hydrogen-bond donors (Lipinski definition) is 2. The topological polar surface area (TPSA) is 77.6 Å². The highest BCUT2D eigenvalue weighted by atomic mass is 32.1. The van der Waals surface area contributed by atoms with Crippen LogP contribution in [-0.2, 0) is 4.79 Å². The Balaban J connectivity index is 1.07. The Morgan fingerprint density at radius 1 is 1.06 bits per heavy atom. The zero-order valence-electron chi connectivity index (χ0n) is 19.5. The average molecular weight is 480 g/mol. The van der Waals surface area contributed by atoms with E-state index < -0.39 is 0 Å². The number of aromatic nitrogens is 1. The number of ketones is 1. The predicted molar refractivity (Wildman–Crippen MR) is 133 cm³/mol. The van der Waals surface area contributed by atoms with E-state index in [1.54, 1.807) is 0 Å². The van der Waals surface area contributed by atoms with Gasteiger partial charge < -0.3 is 20.4 Å². The zero-order valence-corrected chi connectivity index (χ0v) is 20.4. The van der Waals surface area contributed by atoms with Crippen molar-refractivity contribution in [3.63, 3.8) is 0 Å². The van der Waals surface area contributed by atoms with E-state index in [1.807, 2.05) is 0 Å². The fourth-order valence-electron chi connectivity index (χ4n) is 6.98. The smallest absolute Gasteiger partial charge is 0.271 e. The quantitative estimate of drug-likeness (QED) is 0.686. The highest BCUT2D eigenvalue weighted by Crippen LogP contribution is 2.41. The maximum Gasteiger partial charge on any atom is 0.271 e. The summed E-state index contributed by atoms with van der Waals surface area (Å²) in [6.45, 7) is 6.13. The van der Waals surface area contributed by atoms with E-state index in [1.165, 1.54) is 43.2 Å². The normalized spacial score (nSPS) is 34.9. The van der Waals surface area contributed by atoms with E-state index >= 15 is 0 Å². The van der Waals surface area contributed by atoms with Gasteiger partial charge in [-0.05, 0) is 87.4 Å². The number of benzene rings is 1. The number of Topliss-reactive ketones (excluding diaryl/α,β-unsaturated/α-hetero) is 1. The van der Waals surface area contributed by atoms with Crippen molar-refractivity contribution in [2.24, 2.45) is 23.7 Å². The third-order valence-electron chi connectivity index (χ3n) is 9.10. The molecular formula is C26H33N5O2S. The van der Waals surface area contributed by atoms with Crippen LogP contribution >= 0.6 is 11.5 Å². The fraction of sp³-hybridized carbons (Fsp3) is 0.654. The van der Waals surface area contributed by atoms with E-state index in [9.17, 15) is 9.59 Å². The second-order valence-corrected chi connectivity index (χ2v) is 11.9. The summed E-state index contributed by atoms with van der Waals surface area (Å²) >= 11 is 1.42. The third-order valence-corrected chi connectivity index (χ3v) is 9.91. The molecule has 2 N–H and O–H groups in total. The van der Waals surface area contributed by atoms with Crippen LogP contribution in [0.5, 0.6) is 0 Å². The maximum atomic E-state index is 13.1. The summed E-state index contributed by atoms with van der Waals surface area (Å²) in [6, 6.07) is 7.03. The molecule has 7 nitrogen and oxygen atoms in total. The predicted octanol–water partition coefficient (Wildman–Crippen LogP) is 2.51. The molecule has 6 heterocycles. The molecule has 34 heavy (non-hydrogen) atoms. The Morgan fingerprint density at radius 2 is 1.91 bits per heavy atom. The molecular weight excluding hydrogens is 446 g/mol. The van der Waals surface area contributed by atoms with Crippen molar-refractivity contribution >= 4 is 39.0 Å². The number of anilines is 1. The van der Waals surface area contributed by atoms with E-state index in [0.717, 1.165) is 55.5 Å². The van der Waals surface area contributed by atoms with Gasteiger partial charge in [0, 0.05) is 60.5 Å². The molecule has 0 spiro atoms. The summed E-state index contributed by atoms with van der Waals surface area (Å²) in [7, 11) is 0. The SMILES string of the molecule is O=C(N[C@H]1CN2CCC1CC2)c1nsc2cc(N3CC4NCCC(C(=O)C5CC5)C4C3)ccc12. The Bertz CT molecular complexity index is 1120. The summed E-state index contributed by atoms with van der Waals surface area (Å²) in [5.41, 5.74) is 1.74. The molecule has 5 aliphatic heterocycles. The molecule has 1 aromatic carbocycles. The molecule has 1 aromatic heterocycles. The molecule has 1 amide bonds. The van der Waals surface area contributed by atoms with Crippen LogP contribution in [0.3, 0.4) is 0 Å². The lowest BCUT2D eigenvalue weighted by Gasteiger charge is -2.44. The fourth-order valence-corrected chi connectivity index (χ4v) is 7.79. The zero-order chi connectivity index (χ0) is 22.8. The van der Waals surface area contributed by atoms with Crippen molar-refractivity contribution in [2.75, 3.05) is 44.2 Å². The summed E-state index contributed by atoms with van der Waals surface area (Å²) in [5.74, 6) is 2.07. The lowest BCUT2D eigenvalue weighted by Crippen LogP contribution is -2.57. The third kappa shape index (κ3) is 3.65. The molecule has 1 saturated carbocycles. The van der Waals surface area contributed by atoms with Gasteiger partial charge in [-0.3, -0.25) is 9.59 Å². The number of piperidine rings is 4. The van der Waals surface area contributed by atoms with Crippen molar-refractivity contribution in [3.05, 3.63) is 23.9 Å². The number of nitrogens with zero attached hydrogens (tertiary/aromatic N) is 3. The number of rotatable bonds is 5. The van der Waals surface area contributed by atoms with Crippen LogP contribution in [0.4, 0.5) is 5.69 Å². The van der Waals surface area contributed by atoms with Gasteiger partial charge in [0.15, 0.2) is 0 Å².